The Labute approximate surface area is 255 Å². The summed E-state index contributed by atoms with van der Waals surface area (Å²) in [5.74, 6) is 0.0367. The molecule has 0 aliphatic carbocycles. The predicted molar refractivity (Wildman–Crippen MR) is 169 cm³/mol. The minimum atomic E-state index is -0.985. The number of nitrogens with two attached hydrogens (primary N) is 1. The first-order valence-corrected chi connectivity index (χ1v) is 14.2. The van der Waals surface area contributed by atoms with Crippen molar-refractivity contribution in [1.29, 1.82) is 0 Å². The van der Waals surface area contributed by atoms with E-state index in [1.807, 2.05) is 61.0 Å². The van der Waals surface area contributed by atoms with Crippen LogP contribution in [-0.2, 0) is 25.9 Å². The number of benzene rings is 3. The number of carbonyl (C=O) groups is 1. The highest BCUT2D eigenvalue weighted by atomic mass is 35.5. The van der Waals surface area contributed by atoms with Crippen LogP contribution in [0.4, 0.5) is 0 Å². The smallest absolute Gasteiger partial charge is 0.352 e. The van der Waals surface area contributed by atoms with E-state index in [1.54, 1.807) is 4.68 Å². The van der Waals surface area contributed by atoms with Crippen molar-refractivity contribution in [3.63, 3.8) is 0 Å². The number of hydrogen-bond acceptors (Lipinski definition) is 4. The number of aryl methyl sites for hydroxylation is 3. The summed E-state index contributed by atoms with van der Waals surface area (Å²) in [6, 6.07) is 17.8. The molecule has 0 saturated heterocycles. The summed E-state index contributed by atoms with van der Waals surface area (Å²) < 4.78 is 9.80. The number of carboxylic acids is 1. The van der Waals surface area contributed by atoms with Gasteiger partial charge >= 0.3 is 5.97 Å². The maximum Gasteiger partial charge on any atom is 0.352 e. The van der Waals surface area contributed by atoms with Gasteiger partial charge in [-0.25, -0.2) is 4.79 Å². The van der Waals surface area contributed by atoms with Crippen LogP contribution in [-0.4, -0.2) is 38.6 Å². The highest BCUT2D eigenvalue weighted by Gasteiger charge is 2.28. The van der Waals surface area contributed by atoms with Crippen molar-refractivity contribution in [2.75, 3.05) is 13.2 Å². The van der Waals surface area contributed by atoms with Gasteiger partial charge < -0.3 is 20.1 Å². The second-order valence-electron chi connectivity index (χ2n) is 9.84. The van der Waals surface area contributed by atoms with Crippen LogP contribution in [0.3, 0.4) is 0 Å². The van der Waals surface area contributed by atoms with Crippen molar-refractivity contribution in [1.82, 2.24) is 14.3 Å². The van der Waals surface area contributed by atoms with Crippen LogP contribution in [0.15, 0.2) is 54.6 Å². The highest BCUT2D eigenvalue weighted by Crippen LogP contribution is 2.42. The molecule has 0 amide bonds. The molecule has 0 unspecified atom stereocenters. The van der Waals surface area contributed by atoms with Crippen molar-refractivity contribution >= 4 is 63.3 Å². The Morgan fingerprint density at radius 2 is 1.80 bits per heavy atom. The van der Waals surface area contributed by atoms with Gasteiger partial charge in [-0.15, -0.1) is 24.0 Å². The van der Waals surface area contributed by atoms with Gasteiger partial charge in [0.2, 0.25) is 0 Å². The summed E-state index contributed by atoms with van der Waals surface area (Å²) in [5, 5.41) is 18.6. The van der Waals surface area contributed by atoms with Crippen molar-refractivity contribution in [3.8, 4) is 16.9 Å². The first-order chi connectivity index (χ1) is 19.4. The molecular weight excluding hydrogens is 583 g/mol. The molecule has 216 valence electrons. The number of nitrogens with zero attached hydrogens (tertiary/aromatic N) is 3. The van der Waals surface area contributed by atoms with Crippen LogP contribution < -0.4 is 10.5 Å². The van der Waals surface area contributed by atoms with Crippen LogP contribution in [0.1, 0.15) is 40.3 Å². The molecular formula is C31H33Cl3N4O3. The Hall–Kier alpha value is -3.23. The summed E-state index contributed by atoms with van der Waals surface area (Å²) in [4.78, 5) is 12.7. The predicted octanol–water partition coefficient (Wildman–Crippen LogP) is 7.38. The minimum Gasteiger partial charge on any atom is -0.493 e. The second kappa shape index (κ2) is 13.2. The maximum absolute atomic E-state index is 12.7. The summed E-state index contributed by atoms with van der Waals surface area (Å²) in [6.45, 7) is 3.29. The molecule has 10 heteroatoms. The van der Waals surface area contributed by atoms with Crippen LogP contribution in [0.2, 0.25) is 5.02 Å². The van der Waals surface area contributed by atoms with Crippen molar-refractivity contribution in [3.05, 3.63) is 82.3 Å². The van der Waals surface area contributed by atoms with Gasteiger partial charge in [0.05, 0.1) is 28.7 Å². The molecule has 3 aromatic carbocycles. The summed E-state index contributed by atoms with van der Waals surface area (Å²) in [6.07, 6.45) is 1.78. The van der Waals surface area contributed by atoms with Crippen molar-refractivity contribution < 1.29 is 14.6 Å². The normalized spacial score (nSPS) is 11.2. The van der Waals surface area contributed by atoms with Crippen molar-refractivity contribution in [2.45, 2.75) is 38.6 Å². The Kier molecular flexibility index (Phi) is 9.87. The quantitative estimate of drug-likeness (QED) is 0.119. The third kappa shape index (κ3) is 5.77. The zero-order chi connectivity index (χ0) is 28.4. The lowest BCUT2D eigenvalue weighted by Gasteiger charge is -2.13. The van der Waals surface area contributed by atoms with Crippen molar-refractivity contribution in [2.24, 2.45) is 12.8 Å². The molecule has 0 spiro atoms. The molecule has 0 fully saturated rings. The molecule has 0 radical (unpaired) electrons. The van der Waals surface area contributed by atoms with E-state index in [0.29, 0.717) is 49.7 Å². The van der Waals surface area contributed by atoms with E-state index in [-0.39, 0.29) is 24.0 Å². The Bertz CT molecular complexity index is 1710. The van der Waals surface area contributed by atoms with Gasteiger partial charge in [-0.1, -0.05) is 54.1 Å². The molecule has 0 aliphatic rings. The van der Waals surface area contributed by atoms with E-state index in [9.17, 15) is 9.90 Å². The fraction of sp³-hybridized carbons (Fsp3) is 0.290. The number of carboxylic acid groups (broad SMARTS) is 1. The van der Waals surface area contributed by atoms with Gasteiger partial charge in [-0.3, -0.25) is 4.68 Å². The maximum atomic E-state index is 12.7. The van der Waals surface area contributed by atoms with Crippen LogP contribution in [0, 0.1) is 6.92 Å². The Morgan fingerprint density at radius 1 is 1.05 bits per heavy atom. The molecule has 0 saturated carbocycles. The molecule has 7 nitrogen and oxygen atoms in total. The monoisotopic (exact) mass is 614 g/mol. The average Bonchev–Trinajstić information content (AvgIpc) is 3.42. The third-order valence-corrected chi connectivity index (χ3v) is 8.00. The zero-order valence-corrected chi connectivity index (χ0v) is 25.3. The number of alkyl halides is 1. The summed E-state index contributed by atoms with van der Waals surface area (Å²) in [7, 11) is 1.86. The third-order valence-electron chi connectivity index (χ3n) is 7.43. The van der Waals surface area contributed by atoms with Gasteiger partial charge in [0.1, 0.15) is 11.4 Å². The van der Waals surface area contributed by atoms with E-state index in [4.69, 9.17) is 33.7 Å². The fourth-order valence-electron chi connectivity index (χ4n) is 5.55. The summed E-state index contributed by atoms with van der Waals surface area (Å²) >= 11 is 13.2. The fourth-order valence-corrected chi connectivity index (χ4v) is 5.98. The van der Waals surface area contributed by atoms with Gasteiger partial charge in [0.15, 0.2) is 0 Å². The number of ether oxygens (including phenoxy) is 1. The molecule has 0 aliphatic heterocycles. The van der Waals surface area contributed by atoms with E-state index in [1.165, 1.54) is 0 Å². The molecule has 0 atom stereocenters. The molecule has 2 heterocycles. The average molecular weight is 616 g/mol. The molecule has 3 N–H and O–H groups in total. The SMILES string of the molecule is Cc1c(-c2c(Cl)ccc3c(CCCOc4cccc5ccccc45)c(C(=O)O)n(CCCN)c23)c(CCl)nn1C.Cl. The zero-order valence-electron chi connectivity index (χ0n) is 23.0. The lowest BCUT2D eigenvalue weighted by Crippen LogP contribution is -2.14. The van der Waals surface area contributed by atoms with E-state index < -0.39 is 5.97 Å². The lowest BCUT2D eigenvalue weighted by molar-refractivity contribution is 0.0684. The number of rotatable bonds is 11. The summed E-state index contributed by atoms with van der Waals surface area (Å²) in [5.41, 5.74) is 10.8. The van der Waals surface area contributed by atoms with E-state index in [2.05, 4.69) is 17.2 Å². The van der Waals surface area contributed by atoms with Crippen LogP contribution in [0.5, 0.6) is 5.75 Å². The Morgan fingerprint density at radius 3 is 2.54 bits per heavy atom. The largest absolute Gasteiger partial charge is 0.493 e. The van der Waals surface area contributed by atoms with Gasteiger partial charge in [0.25, 0.3) is 0 Å². The Balaban J connectivity index is 0.00000387. The number of halogens is 3. The van der Waals surface area contributed by atoms with E-state index >= 15 is 0 Å². The second-order valence-corrected chi connectivity index (χ2v) is 10.5. The van der Waals surface area contributed by atoms with Gasteiger partial charge in [0, 0.05) is 41.2 Å². The number of fused-ring (bicyclic) bond motifs is 2. The molecule has 5 aromatic rings. The molecule has 41 heavy (non-hydrogen) atoms. The van der Waals surface area contributed by atoms with Gasteiger partial charge in [-0.2, -0.15) is 5.10 Å². The van der Waals surface area contributed by atoms with Crippen LogP contribution in [0.25, 0.3) is 32.8 Å². The molecule has 0 bridgehead atoms. The lowest BCUT2D eigenvalue weighted by atomic mass is 9.98. The number of aromatic nitrogens is 3. The topological polar surface area (TPSA) is 95.3 Å². The van der Waals surface area contributed by atoms with Gasteiger partial charge in [-0.05, 0) is 55.8 Å². The highest BCUT2D eigenvalue weighted by molar-refractivity contribution is 6.35. The first-order valence-electron chi connectivity index (χ1n) is 13.3. The standard InChI is InChI=1S/C31H32Cl2N4O3.ClH/c1-19-27(25(18-32)35-36(19)2)28-24(33)14-13-23-22(30(31(38)39)37(29(23)28)16-7-15-34)11-6-17-40-26-12-5-9-20-8-3-4-10-21(20)26;/h3-5,8-10,12-14H,6-7,11,15-18,34H2,1-2H3,(H,38,39);1H. The number of hydrogen-bond donors (Lipinski definition) is 2. The minimum absolute atomic E-state index is 0. The van der Waals surface area contributed by atoms with Crippen LogP contribution >= 0.6 is 35.6 Å². The molecule has 2 aromatic heterocycles. The number of aromatic carboxylic acids is 1. The molecule has 5 rings (SSSR count). The first kappa shape index (κ1) is 30.7. The van der Waals surface area contributed by atoms with E-state index in [0.717, 1.165) is 49.8 Å².